The van der Waals surface area contributed by atoms with Crippen molar-refractivity contribution in [3.8, 4) is 16.9 Å². The Morgan fingerprint density at radius 1 is 1.12 bits per heavy atom. The Balaban J connectivity index is 1.67. The van der Waals surface area contributed by atoms with E-state index in [2.05, 4.69) is 15.2 Å². The monoisotopic (exact) mass is 431 g/mol. The molecule has 0 unspecified atom stereocenters. The van der Waals surface area contributed by atoms with Crippen LogP contribution in [0, 0.1) is 5.82 Å². The number of carboxylic acids is 1. The molecule has 8 nitrogen and oxygen atoms in total. The van der Waals surface area contributed by atoms with Gasteiger partial charge in [0.2, 0.25) is 0 Å². The normalized spacial score (nSPS) is 11.4. The fraction of sp³-hybridized carbons (Fsp3) is 0.130. The summed E-state index contributed by atoms with van der Waals surface area (Å²) in [5.74, 6) is -1.51. The molecule has 0 aliphatic rings. The summed E-state index contributed by atoms with van der Waals surface area (Å²) < 4.78 is 20.7. The van der Waals surface area contributed by atoms with Gasteiger partial charge >= 0.3 is 5.97 Å². The summed E-state index contributed by atoms with van der Waals surface area (Å²) in [4.78, 5) is 18.1. The van der Waals surface area contributed by atoms with Crippen molar-refractivity contribution in [1.82, 2.24) is 24.5 Å². The van der Waals surface area contributed by atoms with E-state index in [-0.39, 0.29) is 5.56 Å². The first kappa shape index (κ1) is 19.8. The molecular weight excluding hydrogens is 413 g/mol. The molecule has 0 aliphatic heterocycles. The lowest BCUT2D eigenvalue weighted by Crippen LogP contribution is -2.02. The molecule has 5 rings (SSSR count). The van der Waals surface area contributed by atoms with Crippen molar-refractivity contribution in [1.29, 1.82) is 0 Å². The van der Waals surface area contributed by atoms with Gasteiger partial charge in [0.05, 0.1) is 29.1 Å². The second-order valence-electron chi connectivity index (χ2n) is 7.29. The minimum atomic E-state index is -1.09. The third-order valence-electron chi connectivity index (χ3n) is 5.19. The van der Waals surface area contributed by atoms with Crippen molar-refractivity contribution in [3.05, 3.63) is 72.3 Å². The minimum Gasteiger partial charge on any atom is -0.478 e. The van der Waals surface area contributed by atoms with Crippen LogP contribution in [0.5, 0.6) is 0 Å². The van der Waals surface area contributed by atoms with E-state index >= 15 is 0 Å². The van der Waals surface area contributed by atoms with Crippen LogP contribution in [0.25, 0.3) is 38.9 Å². The zero-order chi connectivity index (χ0) is 22.2. The van der Waals surface area contributed by atoms with Gasteiger partial charge in [-0.15, -0.1) is 10.2 Å². The fourth-order valence-electron chi connectivity index (χ4n) is 3.66. The van der Waals surface area contributed by atoms with E-state index in [1.54, 1.807) is 37.4 Å². The number of aromatic nitrogens is 5. The summed E-state index contributed by atoms with van der Waals surface area (Å²) in [6.45, 7) is 1.25. The summed E-state index contributed by atoms with van der Waals surface area (Å²) in [5, 5.41) is 19.2. The Hall–Kier alpha value is -4.11. The third-order valence-corrected chi connectivity index (χ3v) is 5.19. The number of aromatic carboxylic acids is 1. The second kappa shape index (κ2) is 7.86. The molecule has 0 fully saturated rings. The SMILES string of the molecule is COCCn1ccc(-c2cc(C(=O)O)c3c(ccc4nn(-c5cccc(F)c5)nc43)n2)c1. The summed E-state index contributed by atoms with van der Waals surface area (Å²) in [7, 11) is 1.64. The largest absolute Gasteiger partial charge is 0.478 e. The maximum Gasteiger partial charge on any atom is 0.336 e. The number of hydrogen-bond acceptors (Lipinski definition) is 5. The number of hydrogen-bond donors (Lipinski definition) is 1. The van der Waals surface area contributed by atoms with Crippen molar-refractivity contribution in [2.24, 2.45) is 0 Å². The van der Waals surface area contributed by atoms with Crippen LogP contribution < -0.4 is 0 Å². The molecule has 2 aromatic carbocycles. The molecule has 0 spiro atoms. The Bertz CT molecular complexity index is 1470. The highest BCUT2D eigenvalue weighted by atomic mass is 19.1. The predicted octanol–water partition coefficient (Wildman–Crippen LogP) is 3.92. The minimum absolute atomic E-state index is 0.0755. The topological polar surface area (TPSA) is 95.1 Å². The van der Waals surface area contributed by atoms with Crippen molar-refractivity contribution >= 4 is 27.9 Å². The van der Waals surface area contributed by atoms with E-state index in [0.29, 0.717) is 46.5 Å². The van der Waals surface area contributed by atoms with E-state index in [1.165, 1.54) is 16.9 Å². The Labute approximate surface area is 181 Å². The average Bonchev–Trinajstić information content (AvgIpc) is 3.44. The zero-order valence-corrected chi connectivity index (χ0v) is 17.1. The lowest BCUT2D eigenvalue weighted by Gasteiger charge is -2.06. The highest BCUT2D eigenvalue weighted by molar-refractivity contribution is 6.13. The van der Waals surface area contributed by atoms with E-state index in [4.69, 9.17) is 4.74 Å². The summed E-state index contributed by atoms with van der Waals surface area (Å²) in [6, 6.07) is 12.8. The van der Waals surface area contributed by atoms with Gasteiger partial charge in [-0.25, -0.2) is 14.2 Å². The van der Waals surface area contributed by atoms with Crippen LogP contribution in [0.1, 0.15) is 10.4 Å². The molecule has 32 heavy (non-hydrogen) atoms. The average molecular weight is 431 g/mol. The van der Waals surface area contributed by atoms with Gasteiger partial charge in [-0.1, -0.05) is 6.07 Å². The molecular formula is C23H18FN5O3. The van der Waals surface area contributed by atoms with Crippen molar-refractivity contribution < 1.29 is 19.0 Å². The van der Waals surface area contributed by atoms with Crippen molar-refractivity contribution in [2.45, 2.75) is 6.54 Å². The zero-order valence-electron chi connectivity index (χ0n) is 17.1. The number of carbonyl (C=O) groups is 1. The highest BCUT2D eigenvalue weighted by Gasteiger charge is 2.19. The number of carboxylic acid groups (broad SMARTS) is 1. The molecule has 0 aliphatic carbocycles. The molecule has 0 saturated heterocycles. The predicted molar refractivity (Wildman–Crippen MR) is 116 cm³/mol. The van der Waals surface area contributed by atoms with Gasteiger partial charge in [0, 0.05) is 43.1 Å². The molecule has 0 bridgehead atoms. The van der Waals surface area contributed by atoms with Crippen LogP contribution in [0.4, 0.5) is 4.39 Å². The standard InChI is InChI=1S/C23H18FN5O3/c1-32-10-9-28-8-7-14(13-28)20-12-17(23(30)31)21-18(25-20)5-6-19-22(21)27-29(26-19)16-4-2-3-15(24)11-16/h2-8,11-13H,9-10H2,1H3,(H,30,31). The highest BCUT2D eigenvalue weighted by Crippen LogP contribution is 2.30. The van der Waals surface area contributed by atoms with Gasteiger partial charge in [0.1, 0.15) is 16.9 Å². The molecule has 9 heteroatoms. The van der Waals surface area contributed by atoms with Crippen LogP contribution in [0.2, 0.25) is 0 Å². The molecule has 0 amide bonds. The molecule has 3 aromatic heterocycles. The lowest BCUT2D eigenvalue weighted by molar-refractivity contribution is 0.0699. The van der Waals surface area contributed by atoms with Gasteiger partial charge in [0.15, 0.2) is 0 Å². The summed E-state index contributed by atoms with van der Waals surface area (Å²) >= 11 is 0. The first-order chi connectivity index (χ1) is 15.5. The number of halogens is 1. The molecule has 0 radical (unpaired) electrons. The smallest absolute Gasteiger partial charge is 0.336 e. The van der Waals surface area contributed by atoms with Crippen molar-refractivity contribution in [2.75, 3.05) is 13.7 Å². The third kappa shape index (κ3) is 3.48. The molecule has 5 aromatic rings. The molecule has 1 N–H and O–H groups in total. The van der Waals surface area contributed by atoms with Crippen LogP contribution in [0.3, 0.4) is 0 Å². The van der Waals surface area contributed by atoms with E-state index < -0.39 is 11.8 Å². The van der Waals surface area contributed by atoms with Gasteiger partial charge in [-0.05, 0) is 36.4 Å². The van der Waals surface area contributed by atoms with E-state index in [9.17, 15) is 14.3 Å². The Morgan fingerprint density at radius 2 is 1.97 bits per heavy atom. The van der Waals surface area contributed by atoms with Gasteiger partial charge in [-0.2, -0.15) is 4.80 Å². The number of benzene rings is 2. The molecule has 0 atom stereocenters. The van der Waals surface area contributed by atoms with Gasteiger partial charge in [0.25, 0.3) is 0 Å². The number of rotatable bonds is 6. The van der Waals surface area contributed by atoms with Gasteiger partial charge in [-0.3, -0.25) is 0 Å². The quantitative estimate of drug-likeness (QED) is 0.438. The van der Waals surface area contributed by atoms with Crippen LogP contribution in [-0.4, -0.2) is 49.3 Å². The number of pyridine rings is 1. The summed E-state index contributed by atoms with van der Waals surface area (Å²) in [6.07, 6.45) is 3.80. The number of methoxy groups -OCH3 is 1. The van der Waals surface area contributed by atoms with Gasteiger partial charge < -0.3 is 14.4 Å². The second-order valence-corrected chi connectivity index (χ2v) is 7.29. The molecule has 160 valence electrons. The van der Waals surface area contributed by atoms with Crippen molar-refractivity contribution in [3.63, 3.8) is 0 Å². The van der Waals surface area contributed by atoms with E-state index in [1.807, 2.05) is 23.0 Å². The number of fused-ring (bicyclic) bond motifs is 3. The Kier molecular flexibility index (Phi) is 4.87. The molecule has 3 heterocycles. The van der Waals surface area contributed by atoms with E-state index in [0.717, 1.165) is 5.56 Å². The fourth-order valence-corrected chi connectivity index (χ4v) is 3.66. The summed E-state index contributed by atoms with van der Waals surface area (Å²) in [5.41, 5.74) is 3.23. The molecule has 0 saturated carbocycles. The Morgan fingerprint density at radius 3 is 2.75 bits per heavy atom. The van der Waals surface area contributed by atoms with Crippen LogP contribution >= 0.6 is 0 Å². The maximum atomic E-state index is 13.6. The van der Waals surface area contributed by atoms with Crippen LogP contribution in [-0.2, 0) is 11.3 Å². The number of nitrogens with zero attached hydrogens (tertiary/aromatic N) is 5. The van der Waals surface area contributed by atoms with Crippen LogP contribution in [0.15, 0.2) is 60.9 Å². The first-order valence-electron chi connectivity index (χ1n) is 9.88. The number of ether oxygens (including phenoxy) is 1. The lowest BCUT2D eigenvalue weighted by atomic mass is 10.0. The first-order valence-corrected chi connectivity index (χ1v) is 9.88. The maximum absolute atomic E-state index is 13.6.